The van der Waals surface area contributed by atoms with Gasteiger partial charge in [0.2, 0.25) is 0 Å². The Morgan fingerprint density at radius 3 is 1.57 bits per heavy atom. The van der Waals surface area contributed by atoms with Gasteiger partial charge in [-0.2, -0.15) is 5.26 Å². The molecule has 0 bridgehead atoms. The van der Waals surface area contributed by atoms with E-state index in [1.807, 2.05) is 76.2 Å². The summed E-state index contributed by atoms with van der Waals surface area (Å²) in [4.78, 5) is 22.0. The first-order valence-corrected chi connectivity index (χ1v) is 32.2. The molecule has 1 N–H and O–H groups in total. The second-order valence-corrected chi connectivity index (χ2v) is 24.7. The maximum absolute atomic E-state index is 11.7. The van der Waals surface area contributed by atoms with Crippen molar-refractivity contribution in [2.75, 3.05) is 0 Å². The number of aromatic nitrogens is 4. The number of hydrogen-bond donors (Lipinski definition) is 1. The Kier molecular flexibility index (Phi) is 21.8. The number of aliphatic hydroxyl groups excluding tert-OH is 1. The van der Waals surface area contributed by atoms with Gasteiger partial charge in [0.25, 0.3) is 0 Å². The Morgan fingerprint density at radius 2 is 1.03 bits per heavy atom. The Bertz CT molecular complexity index is 4480. The largest absolute Gasteiger partial charge is 0.512 e. The van der Waals surface area contributed by atoms with E-state index in [-0.39, 0.29) is 55.3 Å². The summed E-state index contributed by atoms with van der Waals surface area (Å²) in [5.74, 6) is 3.61. The molecule has 3 aromatic heterocycles. The van der Waals surface area contributed by atoms with E-state index in [1.165, 1.54) is 56.3 Å². The van der Waals surface area contributed by atoms with Crippen LogP contribution in [0.2, 0.25) is 0 Å². The number of aliphatic hydroxyl groups is 1. The van der Waals surface area contributed by atoms with Gasteiger partial charge in [-0.05, 0) is 142 Å². The third kappa shape index (κ3) is 14.0. The number of ketones is 1. The van der Waals surface area contributed by atoms with Gasteiger partial charge in [-0.15, -0.1) is 54.1 Å². The quantitative estimate of drug-likeness (QED) is 0.0552. The standard InChI is InChI=1S/C44H34N3O.C25H25N2.C13H24O2.Ir/c1-27(2)37-24-33(32-20-18-31(19-21-32)30-11-6-5-7-12-30)25-38(28(3)4)42(37)47-40-16-9-8-15-39(40)46-44(47)36-14-10-13-35-34-22-17-29(26-45)23-41(34)48-43(35)36;1-17(2)20-13-10-14-21(18(3)4)24(20)27-23-16-9-8-15-22(23)26-25(27)19-11-6-5-7-12-19;1-5-10(6-2)12(14)9-13(15)11(7-3)8-4;/h5-13,15-25,27-28H,1-4H3;5-11,13-18H,1-4H3;9-11,14H,5-8H2,1-4H3;/q2*-1;;/b;;12-9-;. The van der Waals surface area contributed by atoms with Crippen molar-refractivity contribution in [3.8, 4) is 62.5 Å². The fourth-order valence-electron chi connectivity index (χ4n) is 12.4. The minimum absolute atomic E-state index is 0. The van der Waals surface area contributed by atoms with Crippen LogP contribution in [0.1, 0.15) is 160 Å². The maximum Gasteiger partial charge on any atom is 0.162 e. The van der Waals surface area contributed by atoms with Gasteiger partial charge in [0.15, 0.2) is 5.78 Å². The van der Waals surface area contributed by atoms with Crippen LogP contribution in [0, 0.1) is 35.3 Å². The average Bonchev–Trinajstić information content (AvgIpc) is 1.67. The molecule has 12 aromatic rings. The number of furan rings is 1. The Hall–Kier alpha value is -8.93. The zero-order valence-electron chi connectivity index (χ0n) is 54.6. The summed E-state index contributed by atoms with van der Waals surface area (Å²) in [6.07, 6.45) is 4.91. The summed E-state index contributed by atoms with van der Waals surface area (Å²) in [6.45, 7) is 26.2. The van der Waals surface area contributed by atoms with Crippen molar-refractivity contribution in [3.05, 3.63) is 240 Å². The molecule has 8 nitrogen and oxygen atoms in total. The van der Waals surface area contributed by atoms with E-state index in [2.05, 4.69) is 216 Å². The van der Waals surface area contributed by atoms with Gasteiger partial charge >= 0.3 is 0 Å². The van der Waals surface area contributed by atoms with Crippen LogP contribution >= 0.6 is 0 Å². The van der Waals surface area contributed by atoms with Crippen LogP contribution in [0.4, 0.5) is 0 Å². The number of carbonyl (C=O) groups excluding carboxylic acids is 1. The van der Waals surface area contributed by atoms with Crippen molar-refractivity contribution in [1.29, 1.82) is 5.26 Å². The first kappa shape index (κ1) is 66.5. The van der Waals surface area contributed by atoms with Crippen molar-refractivity contribution in [1.82, 2.24) is 19.1 Å². The van der Waals surface area contributed by atoms with Crippen molar-refractivity contribution < 1.29 is 34.4 Å². The summed E-state index contributed by atoms with van der Waals surface area (Å²) in [5.41, 5.74) is 20.3. The van der Waals surface area contributed by atoms with E-state index >= 15 is 0 Å². The van der Waals surface area contributed by atoms with Gasteiger partial charge in [-0.1, -0.05) is 197 Å². The zero-order chi connectivity index (χ0) is 63.8. The summed E-state index contributed by atoms with van der Waals surface area (Å²) >= 11 is 0. The molecule has 1 radical (unpaired) electrons. The van der Waals surface area contributed by atoms with Crippen molar-refractivity contribution in [2.24, 2.45) is 11.8 Å². The average molecular weight is 1380 g/mol. The summed E-state index contributed by atoms with van der Waals surface area (Å²) in [7, 11) is 0. The van der Waals surface area contributed by atoms with Crippen LogP contribution in [0.15, 0.2) is 204 Å². The van der Waals surface area contributed by atoms with E-state index in [4.69, 9.17) is 14.4 Å². The second-order valence-electron chi connectivity index (χ2n) is 24.7. The van der Waals surface area contributed by atoms with Gasteiger partial charge in [-0.3, -0.25) is 14.8 Å². The van der Waals surface area contributed by atoms with Crippen LogP contribution in [0.25, 0.3) is 100 Å². The molecular formula is C82H83IrN5O3-2. The second kappa shape index (κ2) is 29.8. The number of allylic oxidation sites excluding steroid dienone is 2. The molecule has 0 aliphatic carbocycles. The maximum atomic E-state index is 11.7. The normalized spacial score (nSPS) is 11.7. The zero-order valence-corrected chi connectivity index (χ0v) is 57.0. The van der Waals surface area contributed by atoms with Crippen molar-refractivity contribution >= 4 is 49.8 Å². The minimum atomic E-state index is 0. The molecular weight excluding hydrogens is 1300 g/mol. The van der Waals surface area contributed by atoms with Gasteiger partial charge in [0.05, 0.1) is 56.7 Å². The predicted octanol–water partition coefficient (Wildman–Crippen LogP) is 22.5. The number of rotatable bonds is 17. The first-order valence-electron chi connectivity index (χ1n) is 32.2. The molecule has 3 heterocycles. The summed E-state index contributed by atoms with van der Waals surface area (Å²) in [5, 5.41) is 21.2. The predicted molar refractivity (Wildman–Crippen MR) is 374 cm³/mol. The van der Waals surface area contributed by atoms with Crippen molar-refractivity contribution in [2.45, 2.75) is 132 Å². The molecule has 0 fully saturated rings. The fraction of sp³-hybridized carbons (Fsp3) is 0.268. The van der Waals surface area contributed by atoms with E-state index in [0.717, 1.165) is 87.0 Å². The Morgan fingerprint density at radius 1 is 0.527 bits per heavy atom. The molecule has 12 rings (SSSR count). The van der Waals surface area contributed by atoms with Crippen LogP contribution in [-0.2, 0) is 24.9 Å². The Labute approximate surface area is 551 Å². The molecule has 0 amide bonds. The first-order chi connectivity index (χ1) is 43.6. The van der Waals surface area contributed by atoms with Crippen LogP contribution in [-0.4, -0.2) is 30.0 Å². The van der Waals surface area contributed by atoms with E-state index in [1.54, 1.807) is 6.07 Å². The third-order valence-electron chi connectivity index (χ3n) is 17.5. The third-order valence-corrected chi connectivity index (χ3v) is 17.5. The number of para-hydroxylation sites is 5. The molecule has 0 atom stereocenters. The summed E-state index contributed by atoms with van der Waals surface area (Å²) in [6, 6.07) is 74.3. The minimum Gasteiger partial charge on any atom is -0.512 e. The molecule has 0 saturated heterocycles. The number of benzene rings is 9. The molecule has 9 aromatic carbocycles. The number of fused-ring (bicyclic) bond motifs is 5. The van der Waals surface area contributed by atoms with E-state index < -0.39 is 0 Å². The molecule has 9 heteroatoms. The van der Waals surface area contributed by atoms with E-state index in [0.29, 0.717) is 28.6 Å². The Balaban J connectivity index is 0.000000191. The molecule has 0 aliphatic rings. The topological polar surface area (TPSA) is 110 Å². The van der Waals surface area contributed by atoms with Crippen LogP contribution in [0.3, 0.4) is 0 Å². The SMILES string of the molecule is CC(C)c1cc(-c2ccc(-c3ccccc3)cc2)cc(C(C)C)c1-n1c(-c2[c-]ccc3c2oc2cc(C#N)ccc23)nc2ccccc21.CC(C)c1cccc(C(C)C)c1-n1c(-c2[c-]cccc2)nc2ccccc21.CCC(CC)C(=O)/C=C(\O)C(CC)CC.[Ir]. The number of nitrogens with zero attached hydrogens (tertiary/aromatic N) is 5. The van der Waals surface area contributed by atoms with Crippen molar-refractivity contribution in [3.63, 3.8) is 0 Å². The molecule has 0 unspecified atom stereocenters. The van der Waals surface area contributed by atoms with Gasteiger partial charge in [0, 0.05) is 54.8 Å². The van der Waals surface area contributed by atoms with Crippen LogP contribution < -0.4 is 0 Å². The van der Waals surface area contributed by atoms with Crippen LogP contribution in [0.5, 0.6) is 0 Å². The number of carbonyl (C=O) groups is 1. The fourth-order valence-corrected chi connectivity index (χ4v) is 12.4. The molecule has 91 heavy (non-hydrogen) atoms. The molecule has 0 saturated carbocycles. The number of imidazole rings is 2. The smallest absolute Gasteiger partial charge is 0.162 e. The number of hydrogen-bond acceptors (Lipinski definition) is 6. The molecule has 0 aliphatic heterocycles. The van der Waals surface area contributed by atoms with Gasteiger partial charge in [-0.25, -0.2) is 0 Å². The van der Waals surface area contributed by atoms with Gasteiger partial charge < -0.3 is 18.7 Å². The van der Waals surface area contributed by atoms with Gasteiger partial charge in [0.1, 0.15) is 5.58 Å². The number of nitriles is 1. The monoisotopic (exact) mass is 1380 g/mol. The molecule has 0 spiro atoms. The van der Waals surface area contributed by atoms with E-state index in [9.17, 15) is 15.2 Å². The molecule has 465 valence electrons. The summed E-state index contributed by atoms with van der Waals surface area (Å²) < 4.78 is 11.2.